The first-order chi connectivity index (χ1) is 12.8. The first-order valence-electron chi connectivity index (χ1n) is 10.8. The summed E-state index contributed by atoms with van der Waals surface area (Å²) in [5.41, 5.74) is 4.54. The van der Waals surface area contributed by atoms with Crippen LogP contribution in [0, 0.1) is 29.6 Å². The standard InChI is InChI=1S/C25H33F/c1-2-3-18-4-6-22-16-24(10-8-20(22)14-18)25-11-9-21-15-19(12-13-26)5-7-23(21)17-25/h2-4,6,12-14,19,21,23-25H,5,7-11,15-17H2,1H3. The van der Waals surface area contributed by atoms with Crippen LogP contribution in [0.1, 0.15) is 68.6 Å². The van der Waals surface area contributed by atoms with Crippen molar-refractivity contribution in [3.8, 4) is 0 Å². The monoisotopic (exact) mass is 352 g/mol. The lowest BCUT2D eigenvalue weighted by molar-refractivity contribution is 0.0809. The smallest absolute Gasteiger partial charge is 0.0829 e. The molecule has 0 radical (unpaired) electrons. The minimum atomic E-state index is 0.505. The van der Waals surface area contributed by atoms with Gasteiger partial charge in [-0.05, 0) is 111 Å². The summed E-state index contributed by atoms with van der Waals surface area (Å²) in [6, 6.07) is 7.08. The number of fused-ring (bicyclic) bond motifs is 2. The van der Waals surface area contributed by atoms with Crippen LogP contribution in [-0.4, -0.2) is 0 Å². The van der Waals surface area contributed by atoms with Gasteiger partial charge in [-0.2, -0.15) is 0 Å². The zero-order chi connectivity index (χ0) is 17.9. The summed E-state index contributed by atoms with van der Waals surface area (Å²) in [7, 11) is 0. The van der Waals surface area contributed by atoms with E-state index in [1.165, 1.54) is 63.4 Å². The molecule has 140 valence electrons. The van der Waals surface area contributed by atoms with Crippen molar-refractivity contribution in [2.45, 2.75) is 64.7 Å². The molecule has 2 fully saturated rings. The molecule has 5 unspecified atom stereocenters. The van der Waals surface area contributed by atoms with Gasteiger partial charge in [0.15, 0.2) is 0 Å². The summed E-state index contributed by atoms with van der Waals surface area (Å²) in [5, 5.41) is 0. The minimum Gasteiger partial charge on any atom is -0.216 e. The molecular formula is C25H33F. The topological polar surface area (TPSA) is 0 Å². The molecule has 1 aromatic carbocycles. The van der Waals surface area contributed by atoms with Gasteiger partial charge < -0.3 is 0 Å². The van der Waals surface area contributed by atoms with E-state index in [1.807, 2.05) is 6.08 Å². The molecule has 0 nitrogen and oxygen atoms in total. The first kappa shape index (κ1) is 18.0. The number of hydrogen-bond donors (Lipinski definition) is 0. The van der Waals surface area contributed by atoms with Crippen LogP contribution in [0.25, 0.3) is 6.08 Å². The summed E-state index contributed by atoms with van der Waals surface area (Å²) < 4.78 is 12.5. The van der Waals surface area contributed by atoms with Gasteiger partial charge in [0.25, 0.3) is 0 Å². The van der Waals surface area contributed by atoms with Crippen molar-refractivity contribution in [2.24, 2.45) is 29.6 Å². The number of aryl methyl sites for hydroxylation is 1. The van der Waals surface area contributed by atoms with E-state index in [0.29, 0.717) is 5.92 Å². The van der Waals surface area contributed by atoms with Crippen molar-refractivity contribution >= 4 is 6.08 Å². The van der Waals surface area contributed by atoms with Crippen LogP contribution in [-0.2, 0) is 12.8 Å². The fraction of sp³-hybridized carbons (Fsp3) is 0.600. The number of rotatable bonds is 3. The molecule has 1 heteroatoms. The Bertz CT molecular complexity index is 671. The van der Waals surface area contributed by atoms with Crippen LogP contribution in [0.4, 0.5) is 4.39 Å². The van der Waals surface area contributed by atoms with Gasteiger partial charge in [-0.15, -0.1) is 0 Å². The van der Waals surface area contributed by atoms with Gasteiger partial charge in [-0.25, -0.2) is 4.39 Å². The lowest BCUT2D eigenvalue weighted by atomic mass is 9.61. The van der Waals surface area contributed by atoms with Crippen molar-refractivity contribution < 1.29 is 4.39 Å². The minimum absolute atomic E-state index is 0.505. The quantitative estimate of drug-likeness (QED) is 0.542. The van der Waals surface area contributed by atoms with E-state index in [1.54, 1.807) is 11.1 Å². The molecule has 0 aromatic heterocycles. The van der Waals surface area contributed by atoms with Crippen molar-refractivity contribution in [3.05, 3.63) is 53.4 Å². The summed E-state index contributed by atoms with van der Waals surface area (Å²) >= 11 is 0. The second kappa shape index (κ2) is 8.11. The van der Waals surface area contributed by atoms with Crippen LogP contribution in [0.5, 0.6) is 0 Å². The van der Waals surface area contributed by atoms with Crippen LogP contribution in [0.2, 0.25) is 0 Å². The molecule has 0 spiro atoms. The van der Waals surface area contributed by atoms with E-state index < -0.39 is 0 Å². The molecule has 0 amide bonds. The second-order valence-corrected chi connectivity index (χ2v) is 9.02. The predicted octanol–water partition coefficient (Wildman–Crippen LogP) is 7.14. The number of hydrogen-bond acceptors (Lipinski definition) is 0. The Kier molecular flexibility index (Phi) is 5.62. The SMILES string of the molecule is CC=Cc1ccc2c(c1)CCC(C1CCC3CC(C=CF)CCC3C1)C2. The highest BCUT2D eigenvalue weighted by Gasteiger charge is 2.38. The van der Waals surface area contributed by atoms with Gasteiger partial charge in [0.1, 0.15) is 0 Å². The molecule has 2 saturated carbocycles. The molecule has 0 saturated heterocycles. The maximum absolute atomic E-state index is 12.5. The summed E-state index contributed by atoms with van der Waals surface area (Å²) in [5.74, 6) is 4.09. The highest BCUT2D eigenvalue weighted by atomic mass is 19.1. The molecule has 0 heterocycles. The fourth-order valence-corrected chi connectivity index (χ4v) is 6.17. The average molecular weight is 353 g/mol. The Morgan fingerprint density at radius 3 is 2.46 bits per heavy atom. The third-order valence-electron chi connectivity index (χ3n) is 7.56. The lowest BCUT2D eigenvalue weighted by Gasteiger charge is -2.44. The maximum atomic E-state index is 12.5. The summed E-state index contributed by atoms with van der Waals surface area (Å²) in [6.45, 7) is 2.09. The number of benzene rings is 1. The van der Waals surface area contributed by atoms with E-state index in [0.717, 1.165) is 30.0 Å². The molecule has 5 atom stereocenters. The van der Waals surface area contributed by atoms with E-state index in [2.05, 4.69) is 37.3 Å². The Balaban J connectivity index is 1.38. The van der Waals surface area contributed by atoms with Crippen molar-refractivity contribution in [3.63, 3.8) is 0 Å². The number of allylic oxidation sites excluding steroid dienone is 2. The fourth-order valence-electron chi connectivity index (χ4n) is 6.17. The van der Waals surface area contributed by atoms with E-state index in [4.69, 9.17) is 0 Å². The zero-order valence-electron chi connectivity index (χ0n) is 16.2. The average Bonchev–Trinajstić information content (AvgIpc) is 2.68. The summed E-state index contributed by atoms with van der Waals surface area (Å²) in [4.78, 5) is 0. The van der Waals surface area contributed by atoms with Crippen LogP contribution in [0.3, 0.4) is 0 Å². The van der Waals surface area contributed by atoms with E-state index in [-0.39, 0.29) is 0 Å². The normalized spacial score (nSPS) is 34.8. The third kappa shape index (κ3) is 3.82. The first-order valence-corrected chi connectivity index (χ1v) is 10.8. The Hall–Kier alpha value is -1.37. The Morgan fingerprint density at radius 1 is 0.885 bits per heavy atom. The molecule has 0 N–H and O–H groups in total. The lowest BCUT2D eigenvalue weighted by Crippen LogP contribution is -2.34. The van der Waals surface area contributed by atoms with Gasteiger partial charge in [0, 0.05) is 0 Å². The highest BCUT2D eigenvalue weighted by Crippen LogP contribution is 2.48. The van der Waals surface area contributed by atoms with Gasteiger partial charge in [0.05, 0.1) is 6.33 Å². The Morgan fingerprint density at radius 2 is 1.65 bits per heavy atom. The van der Waals surface area contributed by atoms with E-state index >= 15 is 0 Å². The van der Waals surface area contributed by atoms with Crippen molar-refractivity contribution in [2.75, 3.05) is 0 Å². The molecule has 1 aromatic rings. The van der Waals surface area contributed by atoms with Gasteiger partial charge in [-0.1, -0.05) is 36.4 Å². The zero-order valence-corrected chi connectivity index (χ0v) is 16.2. The van der Waals surface area contributed by atoms with Crippen molar-refractivity contribution in [1.29, 1.82) is 0 Å². The largest absolute Gasteiger partial charge is 0.216 e. The molecule has 3 aliphatic rings. The molecule has 0 bridgehead atoms. The van der Waals surface area contributed by atoms with Gasteiger partial charge >= 0.3 is 0 Å². The molecule has 4 rings (SSSR count). The maximum Gasteiger partial charge on any atom is 0.0829 e. The molecule has 3 aliphatic carbocycles. The highest BCUT2D eigenvalue weighted by molar-refractivity contribution is 5.52. The Labute approximate surface area is 158 Å². The third-order valence-corrected chi connectivity index (χ3v) is 7.56. The van der Waals surface area contributed by atoms with E-state index in [9.17, 15) is 4.39 Å². The van der Waals surface area contributed by atoms with Gasteiger partial charge in [0.2, 0.25) is 0 Å². The predicted molar refractivity (Wildman–Crippen MR) is 109 cm³/mol. The second-order valence-electron chi connectivity index (χ2n) is 9.02. The molecular weight excluding hydrogens is 319 g/mol. The van der Waals surface area contributed by atoms with Crippen LogP contribution < -0.4 is 0 Å². The van der Waals surface area contributed by atoms with Crippen LogP contribution >= 0.6 is 0 Å². The van der Waals surface area contributed by atoms with Gasteiger partial charge in [-0.3, -0.25) is 0 Å². The van der Waals surface area contributed by atoms with Crippen LogP contribution in [0.15, 0.2) is 36.7 Å². The van der Waals surface area contributed by atoms with Crippen molar-refractivity contribution in [1.82, 2.24) is 0 Å². The molecule has 26 heavy (non-hydrogen) atoms. The molecule has 0 aliphatic heterocycles. The summed E-state index contributed by atoms with van der Waals surface area (Å²) in [6.07, 6.45) is 18.8. The number of halogens is 1.